The lowest BCUT2D eigenvalue weighted by atomic mass is 9.96. The van der Waals surface area contributed by atoms with Gasteiger partial charge in [-0.3, -0.25) is 0 Å². The molecular formula is C17H10Cl2F2O4S. The van der Waals surface area contributed by atoms with E-state index in [4.69, 9.17) is 27.9 Å². The highest BCUT2D eigenvalue weighted by atomic mass is 35.5. The van der Waals surface area contributed by atoms with Gasteiger partial charge >= 0.3 is 5.97 Å². The van der Waals surface area contributed by atoms with E-state index in [0.29, 0.717) is 6.07 Å². The lowest BCUT2D eigenvalue weighted by Crippen LogP contribution is -2.04. The van der Waals surface area contributed by atoms with Crippen molar-refractivity contribution in [2.45, 2.75) is 4.90 Å². The van der Waals surface area contributed by atoms with E-state index in [1.165, 1.54) is 18.2 Å². The summed E-state index contributed by atoms with van der Waals surface area (Å²) in [6.07, 6.45) is 0.769. The summed E-state index contributed by atoms with van der Waals surface area (Å²) in [6, 6.07) is 5.64. The molecule has 2 aromatic carbocycles. The molecule has 0 spiro atoms. The maximum absolute atomic E-state index is 14.5. The van der Waals surface area contributed by atoms with E-state index in [1.807, 2.05) is 0 Å². The molecule has 9 heteroatoms. The predicted octanol–water partition coefficient (Wildman–Crippen LogP) is 4.14. The molecule has 0 N–H and O–H groups in total. The summed E-state index contributed by atoms with van der Waals surface area (Å²) in [5, 5.41) is 0.497. The first kappa shape index (κ1) is 18.8. The van der Waals surface area contributed by atoms with Gasteiger partial charge in [0, 0.05) is 27.4 Å². The van der Waals surface area contributed by atoms with Crippen molar-refractivity contribution in [2.75, 3.05) is 12.9 Å². The molecule has 0 aromatic heterocycles. The summed E-state index contributed by atoms with van der Waals surface area (Å²) < 4.78 is 56.7. The van der Waals surface area contributed by atoms with Gasteiger partial charge in [-0.25, -0.2) is 22.0 Å². The van der Waals surface area contributed by atoms with Gasteiger partial charge in [0.1, 0.15) is 23.1 Å². The summed E-state index contributed by atoms with van der Waals surface area (Å²) in [4.78, 5) is 11.4. The number of esters is 1. The van der Waals surface area contributed by atoms with E-state index in [9.17, 15) is 22.0 Å². The molecule has 0 aliphatic carbocycles. The van der Waals surface area contributed by atoms with Crippen LogP contribution in [0, 0.1) is 11.6 Å². The minimum atomic E-state index is -3.95. The Morgan fingerprint density at radius 3 is 2.19 bits per heavy atom. The number of hydrogen-bond donors (Lipinski definition) is 0. The van der Waals surface area contributed by atoms with E-state index in [1.54, 1.807) is 0 Å². The third-order valence-electron chi connectivity index (χ3n) is 3.75. The van der Waals surface area contributed by atoms with Gasteiger partial charge in [0.2, 0.25) is 0 Å². The van der Waals surface area contributed by atoms with Crippen LogP contribution in [0.2, 0.25) is 10.0 Å². The number of benzene rings is 2. The molecule has 1 aliphatic rings. The molecule has 0 unspecified atom stereocenters. The average molecular weight is 419 g/mol. The standard InChI is InChI=1S/C17H10Cl2F2O4S/c1-26(23,24)15-6-13(20)11(5-14(15)21)12-7-25-17(22)16(12)8-2-9(18)4-10(19)3-8/h2-6H,7H2,1H3. The highest BCUT2D eigenvalue weighted by Gasteiger charge is 2.30. The van der Waals surface area contributed by atoms with Crippen LogP contribution in [0.1, 0.15) is 11.1 Å². The van der Waals surface area contributed by atoms with Crippen molar-refractivity contribution in [3.8, 4) is 0 Å². The van der Waals surface area contributed by atoms with Gasteiger partial charge in [0.05, 0.1) is 5.57 Å². The lowest BCUT2D eigenvalue weighted by Gasteiger charge is -2.09. The Kier molecular flexibility index (Phi) is 4.81. The normalized spacial score (nSPS) is 14.7. The lowest BCUT2D eigenvalue weighted by molar-refractivity contribution is -0.133. The van der Waals surface area contributed by atoms with E-state index in [2.05, 4.69) is 0 Å². The van der Waals surface area contributed by atoms with Crippen LogP contribution in [0.5, 0.6) is 0 Å². The fraction of sp³-hybridized carbons (Fsp3) is 0.118. The number of hydrogen-bond acceptors (Lipinski definition) is 4. The molecule has 4 nitrogen and oxygen atoms in total. The van der Waals surface area contributed by atoms with Crippen molar-refractivity contribution in [2.24, 2.45) is 0 Å². The van der Waals surface area contributed by atoms with Gasteiger partial charge in [0.25, 0.3) is 0 Å². The van der Waals surface area contributed by atoms with Gasteiger partial charge in [0.15, 0.2) is 9.84 Å². The molecule has 0 amide bonds. The largest absolute Gasteiger partial charge is 0.457 e. The molecule has 1 heterocycles. The zero-order valence-corrected chi connectivity index (χ0v) is 15.5. The highest BCUT2D eigenvalue weighted by Crippen LogP contribution is 2.37. The van der Waals surface area contributed by atoms with E-state index in [-0.39, 0.29) is 38.9 Å². The van der Waals surface area contributed by atoms with Crippen LogP contribution < -0.4 is 0 Å². The summed E-state index contributed by atoms with van der Waals surface area (Å²) in [5.74, 6) is -2.87. The van der Waals surface area contributed by atoms with Gasteiger partial charge in [-0.2, -0.15) is 0 Å². The molecule has 26 heavy (non-hydrogen) atoms. The Labute approximate surface area is 157 Å². The van der Waals surface area contributed by atoms with Crippen LogP contribution in [-0.2, 0) is 19.4 Å². The van der Waals surface area contributed by atoms with Gasteiger partial charge < -0.3 is 4.74 Å². The van der Waals surface area contributed by atoms with Crippen LogP contribution >= 0.6 is 23.2 Å². The second-order valence-corrected chi connectivity index (χ2v) is 8.48. The number of rotatable bonds is 3. The highest BCUT2D eigenvalue weighted by molar-refractivity contribution is 7.90. The second kappa shape index (κ2) is 6.64. The molecule has 0 saturated carbocycles. The van der Waals surface area contributed by atoms with Crippen LogP contribution in [0.3, 0.4) is 0 Å². The zero-order valence-electron chi connectivity index (χ0n) is 13.1. The first-order valence-electron chi connectivity index (χ1n) is 7.14. The number of cyclic esters (lactones) is 1. The molecule has 0 atom stereocenters. The Balaban J connectivity index is 2.25. The molecule has 0 saturated heterocycles. The average Bonchev–Trinajstić information content (AvgIpc) is 2.88. The molecule has 1 aliphatic heterocycles. The Bertz CT molecular complexity index is 1060. The summed E-state index contributed by atoms with van der Waals surface area (Å²) in [7, 11) is -3.95. The first-order valence-corrected chi connectivity index (χ1v) is 9.79. The summed E-state index contributed by atoms with van der Waals surface area (Å²) in [6.45, 7) is -0.299. The quantitative estimate of drug-likeness (QED) is 0.702. The van der Waals surface area contributed by atoms with E-state index < -0.39 is 32.3 Å². The Morgan fingerprint density at radius 2 is 1.62 bits per heavy atom. The molecule has 0 bridgehead atoms. The van der Waals surface area contributed by atoms with Crippen molar-refractivity contribution in [3.05, 3.63) is 63.1 Å². The van der Waals surface area contributed by atoms with Crippen molar-refractivity contribution >= 4 is 50.2 Å². The number of ether oxygens (including phenoxy) is 1. The number of carbonyl (C=O) groups is 1. The van der Waals surface area contributed by atoms with Crippen molar-refractivity contribution in [1.82, 2.24) is 0 Å². The first-order chi connectivity index (χ1) is 12.1. The Hall–Kier alpha value is -1.96. The molecular weight excluding hydrogens is 409 g/mol. The van der Waals surface area contributed by atoms with Crippen LogP contribution in [-0.4, -0.2) is 27.2 Å². The maximum Gasteiger partial charge on any atom is 0.339 e. The van der Waals surface area contributed by atoms with Crippen LogP contribution in [0.25, 0.3) is 11.1 Å². The second-order valence-electron chi connectivity index (χ2n) is 5.62. The van der Waals surface area contributed by atoms with Crippen molar-refractivity contribution < 1.29 is 26.7 Å². The van der Waals surface area contributed by atoms with Gasteiger partial charge in [-0.05, 0) is 35.9 Å². The molecule has 2 aromatic rings. The molecule has 0 radical (unpaired) electrons. The van der Waals surface area contributed by atoms with Crippen molar-refractivity contribution in [1.29, 1.82) is 0 Å². The predicted molar refractivity (Wildman–Crippen MR) is 93.7 cm³/mol. The zero-order chi connectivity index (χ0) is 19.2. The van der Waals surface area contributed by atoms with E-state index in [0.717, 1.165) is 12.3 Å². The van der Waals surface area contributed by atoms with E-state index >= 15 is 0 Å². The monoisotopic (exact) mass is 418 g/mol. The third-order valence-corrected chi connectivity index (χ3v) is 5.30. The van der Waals surface area contributed by atoms with Crippen LogP contribution in [0.15, 0.2) is 35.2 Å². The SMILES string of the molecule is CS(=O)(=O)c1cc(F)c(C2=C(c3cc(Cl)cc(Cl)c3)C(=O)OC2)cc1F. The molecule has 136 valence electrons. The minimum absolute atomic E-state index is 0.0141. The fourth-order valence-electron chi connectivity index (χ4n) is 2.65. The number of carbonyl (C=O) groups excluding carboxylic acids is 1. The number of halogens is 4. The molecule has 0 fully saturated rings. The maximum atomic E-state index is 14.5. The molecule has 3 rings (SSSR count). The summed E-state index contributed by atoms with van der Waals surface area (Å²) >= 11 is 11.9. The summed E-state index contributed by atoms with van der Waals surface area (Å²) in [5.41, 5.74) is 0.0726. The number of sulfone groups is 1. The van der Waals surface area contributed by atoms with Crippen molar-refractivity contribution in [3.63, 3.8) is 0 Å². The third kappa shape index (κ3) is 3.47. The van der Waals surface area contributed by atoms with Gasteiger partial charge in [-0.1, -0.05) is 23.2 Å². The fourth-order valence-corrected chi connectivity index (χ4v) is 3.91. The Morgan fingerprint density at radius 1 is 1.00 bits per heavy atom. The smallest absolute Gasteiger partial charge is 0.339 e. The topological polar surface area (TPSA) is 60.4 Å². The minimum Gasteiger partial charge on any atom is -0.457 e. The van der Waals surface area contributed by atoms with Gasteiger partial charge in [-0.15, -0.1) is 0 Å². The van der Waals surface area contributed by atoms with Crippen LogP contribution in [0.4, 0.5) is 8.78 Å².